The van der Waals surface area contributed by atoms with Crippen LogP contribution in [0, 0.1) is 11.8 Å². The Morgan fingerprint density at radius 3 is 1.17 bits per heavy atom. The fourth-order valence-electron chi connectivity index (χ4n) is 2.65. The molecule has 2 aliphatic rings. The van der Waals surface area contributed by atoms with E-state index in [0.717, 1.165) is 38.5 Å². The Balaban J connectivity index is 1.32. The maximum Gasteiger partial charge on any atom is 0.251 e. The van der Waals surface area contributed by atoms with Crippen molar-refractivity contribution in [3.05, 3.63) is 0 Å². The largest absolute Gasteiger partial charge is 0.251 e. The molecule has 2 unspecified atom stereocenters. The predicted molar refractivity (Wildman–Crippen MR) is 63.0 cm³/mol. The van der Waals surface area contributed by atoms with Crippen LogP contribution < -0.4 is 0 Å². The molecule has 0 aromatic heterocycles. The molecule has 2 rings (SSSR count). The Kier molecular flexibility index (Phi) is 4.22. The number of hydrogen-bond acceptors (Lipinski definition) is 0. The second-order valence-electron chi connectivity index (χ2n) is 6.02. The summed E-state index contributed by atoms with van der Waals surface area (Å²) in [7, 11) is 0. The van der Waals surface area contributed by atoms with Crippen molar-refractivity contribution in [2.75, 3.05) is 0 Å². The van der Waals surface area contributed by atoms with Crippen LogP contribution >= 0.6 is 0 Å². The van der Waals surface area contributed by atoms with Crippen molar-refractivity contribution in [3.63, 3.8) is 0 Å². The summed E-state index contributed by atoms with van der Waals surface area (Å²) < 4.78 is 50.2. The van der Waals surface area contributed by atoms with Crippen molar-refractivity contribution in [3.8, 4) is 0 Å². The summed E-state index contributed by atoms with van der Waals surface area (Å²) in [5, 5.41) is 0. The molecular formula is C14H22F4. The number of halogens is 4. The quantitative estimate of drug-likeness (QED) is 0.386. The minimum atomic E-state index is -2.37. The van der Waals surface area contributed by atoms with Gasteiger partial charge >= 0.3 is 0 Å². The van der Waals surface area contributed by atoms with E-state index in [1.165, 1.54) is 0 Å². The molecule has 106 valence electrons. The second-order valence-corrected chi connectivity index (χ2v) is 6.02. The predicted octanol–water partition coefficient (Wildman–Crippen LogP) is 5.42. The zero-order valence-corrected chi connectivity index (χ0v) is 10.7. The van der Waals surface area contributed by atoms with Crippen LogP contribution in [0.1, 0.15) is 64.2 Å². The third-order valence-electron chi connectivity index (χ3n) is 4.27. The van der Waals surface area contributed by atoms with Crippen LogP contribution in [-0.4, -0.2) is 11.8 Å². The topological polar surface area (TPSA) is 0 Å². The molecular weight excluding hydrogens is 244 g/mol. The maximum absolute atomic E-state index is 12.6. The SMILES string of the molecule is FC1(F)CC1CCCCCCCCC1CC1(F)F. The first-order valence-corrected chi connectivity index (χ1v) is 7.17. The lowest BCUT2D eigenvalue weighted by Crippen LogP contribution is -1.94. The lowest BCUT2D eigenvalue weighted by atomic mass is 10.1. The van der Waals surface area contributed by atoms with Gasteiger partial charge in [0.25, 0.3) is 11.8 Å². The first kappa shape index (κ1) is 14.1. The van der Waals surface area contributed by atoms with Crippen LogP contribution in [0.25, 0.3) is 0 Å². The smallest absolute Gasteiger partial charge is 0.207 e. The van der Waals surface area contributed by atoms with Crippen LogP contribution in [0.15, 0.2) is 0 Å². The zero-order chi connectivity index (χ0) is 13.2. The number of rotatable bonds is 9. The highest BCUT2D eigenvalue weighted by Crippen LogP contribution is 2.52. The van der Waals surface area contributed by atoms with Gasteiger partial charge in [0, 0.05) is 24.7 Å². The van der Waals surface area contributed by atoms with Gasteiger partial charge in [-0.1, -0.05) is 38.5 Å². The van der Waals surface area contributed by atoms with Crippen molar-refractivity contribution >= 4 is 0 Å². The third-order valence-corrected chi connectivity index (χ3v) is 4.27. The average Bonchev–Trinajstić information content (AvgIpc) is 3.08. The lowest BCUT2D eigenvalue weighted by molar-refractivity contribution is 0.0955. The van der Waals surface area contributed by atoms with Crippen LogP contribution in [0.3, 0.4) is 0 Å². The molecule has 0 aliphatic heterocycles. The minimum absolute atomic E-state index is 0.0859. The molecule has 2 atom stereocenters. The highest BCUT2D eigenvalue weighted by Gasteiger charge is 2.56. The molecule has 0 bridgehead atoms. The standard InChI is InChI=1S/C14H22F4/c15-13(16)9-11(13)7-5-3-1-2-4-6-8-12-10-14(12,17)18/h11-12H,1-10H2. The Morgan fingerprint density at radius 2 is 0.889 bits per heavy atom. The Hall–Kier alpha value is -0.280. The van der Waals surface area contributed by atoms with E-state index in [4.69, 9.17) is 0 Å². The Labute approximate surface area is 106 Å². The van der Waals surface area contributed by atoms with Crippen molar-refractivity contribution < 1.29 is 17.6 Å². The van der Waals surface area contributed by atoms with Crippen LogP contribution in [0.4, 0.5) is 17.6 Å². The van der Waals surface area contributed by atoms with Gasteiger partial charge in [-0.25, -0.2) is 17.6 Å². The highest BCUT2D eigenvalue weighted by molar-refractivity contribution is 4.95. The van der Waals surface area contributed by atoms with Crippen molar-refractivity contribution in [2.45, 2.75) is 76.1 Å². The van der Waals surface area contributed by atoms with Gasteiger partial charge in [-0.05, 0) is 12.8 Å². The van der Waals surface area contributed by atoms with Crippen molar-refractivity contribution in [2.24, 2.45) is 11.8 Å². The molecule has 2 fully saturated rings. The normalized spacial score (nSPS) is 31.3. The fraction of sp³-hybridized carbons (Fsp3) is 1.00. The first-order chi connectivity index (χ1) is 8.42. The van der Waals surface area contributed by atoms with E-state index < -0.39 is 11.8 Å². The maximum atomic E-state index is 12.6. The van der Waals surface area contributed by atoms with Crippen LogP contribution in [0.2, 0.25) is 0 Å². The molecule has 0 radical (unpaired) electrons. The number of hydrogen-bond donors (Lipinski definition) is 0. The molecule has 0 nitrogen and oxygen atoms in total. The lowest BCUT2D eigenvalue weighted by Gasteiger charge is -2.02. The molecule has 0 saturated heterocycles. The third kappa shape index (κ3) is 4.13. The number of alkyl halides is 4. The van der Waals surface area contributed by atoms with Gasteiger partial charge in [0.1, 0.15) is 0 Å². The van der Waals surface area contributed by atoms with E-state index in [2.05, 4.69) is 0 Å². The van der Waals surface area contributed by atoms with E-state index in [-0.39, 0.29) is 24.7 Å². The van der Waals surface area contributed by atoms with E-state index in [9.17, 15) is 17.6 Å². The van der Waals surface area contributed by atoms with E-state index in [1.807, 2.05) is 0 Å². The molecule has 0 N–H and O–H groups in total. The molecule has 2 aliphatic carbocycles. The van der Waals surface area contributed by atoms with E-state index in [1.54, 1.807) is 0 Å². The molecule has 0 heterocycles. The first-order valence-electron chi connectivity index (χ1n) is 7.17. The van der Waals surface area contributed by atoms with Gasteiger partial charge in [-0.15, -0.1) is 0 Å². The molecule has 2 saturated carbocycles. The van der Waals surface area contributed by atoms with Crippen LogP contribution in [0.5, 0.6) is 0 Å². The van der Waals surface area contributed by atoms with Gasteiger partial charge in [0.15, 0.2) is 0 Å². The van der Waals surface area contributed by atoms with Gasteiger partial charge in [0.2, 0.25) is 0 Å². The van der Waals surface area contributed by atoms with Crippen molar-refractivity contribution in [1.82, 2.24) is 0 Å². The monoisotopic (exact) mass is 266 g/mol. The number of unbranched alkanes of at least 4 members (excludes halogenated alkanes) is 5. The Morgan fingerprint density at radius 1 is 0.611 bits per heavy atom. The van der Waals surface area contributed by atoms with Gasteiger partial charge in [0.05, 0.1) is 0 Å². The zero-order valence-electron chi connectivity index (χ0n) is 10.7. The van der Waals surface area contributed by atoms with Gasteiger partial charge in [-0.3, -0.25) is 0 Å². The minimum Gasteiger partial charge on any atom is -0.207 e. The summed E-state index contributed by atoms with van der Waals surface area (Å²) in [5.41, 5.74) is 0. The summed E-state index contributed by atoms with van der Waals surface area (Å²) in [6.45, 7) is 0. The van der Waals surface area contributed by atoms with Gasteiger partial charge < -0.3 is 0 Å². The molecule has 0 aromatic rings. The van der Waals surface area contributed by atoms with E-state index >= 15 is 0 Å². The summed E-state index contributed by atoms with van der Waals surface area (Å²) in [4.78, 5) is 0. The van der Waals surface area contributed by atoms with Crippen molar-refractivity contribution in [1.29, 1.82) is 0 Å². The highest BCUT2D eigenvalue weighted by atomic mass is 19.3. The average molecular weight is 266 g/mol. The second kappa shape index (κ2) is 5.38. The van der Waals surface area contributed by atoms with E-state index in [0.29, 0.717) is 12.8 Å². The summed E-state index contributed by atoms with van der Waals surface area (Å²) in [5.74, 6) is -5.44. The summed E-state index contributed by atoms with van der Waals surface area (Å²) >= 11 is 0. The molecule has 0 amide bonds. The van der Waals surface area contributed by atoms with Gasteiger partial charge in [-0.2, -0.15) is 0 Å². The summed E-state index contributed by atoms with van der Waals surface area (Å²) in [6.07, 6.45) is 7.38. The summed E-state index contributed by atoms with van der Waals surface area (Å²) in [6, 6.07) is 0. The molecule has 18 heavy (non-hydrogen) atoms. The molecule has 0 spiro atoms. The Bertz CT molecular complexity index is 247. The van der Waals surface area contributed by atoms with Crippen LogP contribution in [-0.2, 0) is 0 Å². The fourth-order valence-corrected chi connectivity index (χ4v) is 2.65. The molecule has 4 heteroatoms. The molecule has 0 aromatic carbocycles.